The third-order valence-electron chi connectivity index (χ3n) is 1.91. The number of hydrogen-bond acceptors (Lipinski definition) is 4. The van der Waals surface area contributed by atoms with Crippen LogP contribution in [-0.4, -0.2) is 21.1 Å². The van der Waals surface area contributed by atoms with Crippen molar-refractivity contribution in [2.45, 2.75) is 16.3 Å². The first kappa shape index (κ1) is 15.0. The Kier molecular flexibility index (Phi) is 5.19. The molecule has 0 aliphatic carbocycles. The molecule has 8 heteroatoms. The van der Waals surface area contributed by atoms with E-state index >= 15 is 0 Å². The molecule has 5 nitrogen and oxygen atoms in total. The zero-order valence-electron chi connectivity index (χ0n) is 8.81. The Morgan fingerprint density at radius 2 is 2.17 bits per heavy atom. The minimum absolute atomic E-state index is 0.0748. The van der Waals surface area contributed by atoms with Crippen LogP contribution in [0.3, 0.4) is 0 Å². The van der Waals surface area contributed by atoms with Gasteiger partial charge in [0.15, 0.2) is 6.29 Å². The summed E-state index contributed by atoms with van der Waals surface area (Å²) in [4.78, 5) is 20.2. The molecule has 0 amide bonds. The second-order valence-electron chi connectivity index (χ2n) is 3.23. The van der Waals surface area contributed by atoms with Crippen LogP contribution >= 0.6 is 34.8 Å². The van der Waals surface area contributed by atoms with Crippen molar-refractivity contribution in [3.8, 4) is 5.75 Å². The van der Waals surface area contributed by atoms with Gasteiger partial charge in [-0.25, -0.2) is 0 Å². The number of nitro groups is 1. The zero-order valence-corrected chi connectivity index (χ0v) is 11.1. The molecule has 0 bridgehead atoms. The number of hydrogen-bond donors (Lipinski definition) is 0. The van der Waals surface area contributed by atoms with Gasteiger partial charge in [0.1, 0.15) is 11.1 Å². The van der Waals surface area contributed by atoms with Crippen molar-refractivity contribution >= 4 is 46.8 Å². The highest BCUT2D eigenvalue weighted by atomic mass is 35.5. The predicted molar refractivity (Wildman–Crippen MR) is 68.1 cm³/mol. The molecule has 0 aliphatic rings. The summed E-state index contributed by atoms with van der Waals surface area (Å²) in [6, 6.07) is 5.27. The lowest BCUT2D eigenvalue weighted by atomic mass is 10.3. The van der Waals surface area contributed by atoms with E-state index in [2.05, 4.69) is 0 Å². The van der Waals surface area contributed by atoms with Crippen LogP contribution in [0.4, 0.5) is 5.69 Å². The molecule has 1 unspecified atom stereocenters. The van der Waals surface area contributed by atoms with Crippen molar-refractivity contribution in [1.82, 2.24) is 0 Å². The van der Waals surface area contributed by atoms with Gasteiger partial charge in [-0.15, -0.1) is 11.6 Å². The van der Waals surface area contributed by atoms with Crippen LogP contribution in [0.5, 0.6) is 5.75 Å². The zero-order chi connectivity index (χ0) is 13.8. The van der Waals surface area contributed by atoms with E-state index in [4.69, 9.17) is 39.5 Å². The molecule has 0 N–H and O–H groups in total. The summed E-state index contributed by atoms with van der Waals surface area (Å²) in [5.41, 5.74) is -0.176. The van der Waals surface area contributed by atoms with Gasteiger partial charge in [-0.2, -0.15) is 0 Å². The summed E-state index contributed by atoms with van der Waals surface area (Å²) in [5, 5.41) is 9.53. The Hall–Kier alpha value is -1.04. The quantitative estimate of drug-likeness (QED) is 0.459. The topological polar surface area (TPSA) is 69.4 Å². The number of benzene rings is 1. The van der Waals surface area contributed by atoms with Crippen LogP contribution in [-0.2, 0) is 4.79 Å². The summed E-state index contributed by atoms with van der Waals surface area (Å²) in [7, 11) is 0. The monoisotopic (exact) mass is 310 g/mol. The van der Waals surface area contributed by atoms with Crippen molar-refractivity contribution in [3.63, 3.8) is 0 Å². The summed E-state index contributed by atoms with van der Waals surface area (Å²) < 4.78 is 3.24. The average Bonchev–Trinajstić information content (AvgIpc) is 2.29. The molecule has 0 fully saturated rings. The van der Waals surface area contributed by atoms with E-state index in [0.29, 0.717) is 0 Å². The lowest BCUT2D eigenvalue weighted by Crippen LogP contribution is -2.33. The Labute approximate surface area is 118 Å². The normalized spacial score (nSPS) is 12.8. The van der Waals surface area contributed by atoms with E-state index < -0.39 is 14.8 Å². The van der Waals surface area contributed by atoms with Crippen LogP contribution in [0, 0.1) is 10.1 Å². The molecule has 0 aliphatic heterocycles. The summed E-state index contributed by atoms with van der Waals surface area (Å²) in [6.07, 6.45) is 1.32. The number of nitro benzene ring substituents is 1. The molecular formula is C10H7Cl3NO4. The Morgan fingerprint density at radius 3 is 2.72 bits per heavy atom. The van der Waals surface area contributed by atoms with Gasteiger partial charge in [-0.3, -0.25) is 14.9 Å². The maximum absolute atomic E-state index is 10.6. The molecular weight excluding hydrogens is 304 g/mol. The number of nitrogens with zero attached hydrogens (tertiary/aromatic N) is 1. The van der Waals surface area contributed by atoms with Crippen molar-refractivity contribution in [2.24, 2.45) is 0 Å². The fourth-order valence-corrected chi connectivity index (χ4v) is 1.51. The smallest absolute Gasteiger partial charge is 0.275 e. The lowest BCUT2D eigenvalue weighted by molar-refractivity contribution is -0.384. The molecule has 0 saturated heterocycles. The van der Waals surface area contributed by atoms with Crippen molar-refractivity contribution in [2.75, 3.05) is 0 Å². The second kappa shape index (κ2) is 6.22. The Balaban J connectivity index is 2.86. The molecule has 1 atom stereocenters. The molecule has 1 aromatic rings. The largest absolute Gasteiger partial charge is 0.456 e. The number of alkyl halides is 3. The SMILES string of the molecule is O=[C]CC(Cl)C(Cl)(Cl)Oc1cccc([N+](=O)[O-])c1. The fraction of sp³-hybridized carbons (Fsp3) is 0.300. The minimum Gasteiger partial charge on any atom is -0.456 e. The standard InChI is InChI=1S/C10H7Cl3NO4/c11-9(4-5-15)10(12,13)18-8-3-1-2-7(6-8)14(16)17/h1-3,6,9H,4H2. The van der Waals surface area contributed by atoms with Gasteiger partial charge < -0.3 is 4.74 Å². The Morgan fingerprint density at radius 1 is 1.50 bits per heavy atom. The molecule has 1 aromatic carbocycles. The van der Waals surface area contributed by atoms with E-state index in [1.165, 1.54) is 18.2 Å². The highest BCUT2D eigenvalue weighted by molar-refractivity contribution is 6.51. The molecule has 97 valence electrons. The van der Waals surface area contributed by atoms with Crippen LogP contribution in [0.1, 0.15) is 6.42 Å². The molecule has 18 heavy (non-hydrogen) atoms. The van der Waals surface area contributed by atoms with Crippen LogP contribution in [0.2, 0.25) is 0 Å². The van der Waals surface area contributed by atoms with Gasteiger partial charge in [0, 0.05) is 12.5 Å². The third kappa shape index (κ3) is 4.01. The molecule has 0 heterocycles. The summed E-state index contributed by atoms with van der Waals surface area (Å²) in [5.74, 6) is 0.0748. The summed E-state index contributed by atoms with van der Waals surface area (Å²) >= 11 is 17.3. The Bertz CT molecular complexity index is 453. The maximum atomic E-state index is 10.6. The number of rotatable bonds is 6. The second-order valence-corrected chi connectivity index (χ2v) is 5.08. The van der Waals surface area contributed by atoms with Crippen LogP contribution in [0.15, 0.2) is 24.3 Å². The first-order chi connectivity index (χ1) is 8.36. The maximum Gasteiger partial charge on any atom is 0.275 e. The molecule has 0 aromatic heterocycles. The van der Waals surface area contributed by atoms with E-state index in [1.54, 1.807) is 6.29 Å². The number of halogens is 3. The van der Waals surface area contributed by atoms with Gasteiger partial charge in [0.2, 0.25) is 0 Å². The first-order valence-electron chi connectivity index (χ1n) is 4.67. The van der Waals surface area contributed by atoms with E-state index in [-0.39, 0.29) is 17.9 Å². The molecule has 0 saturated carbocycles. The van der Waals surface area contributed by atoms with Crippen molar-refractivity contribution in [3.05, 3.63) is 34.4 Å². The van der Waals surface area contributed by atoms with Gasteiger partial charge >= 0.3 is 0 Å². The fourth-order valence-electron chi connectivity index (χ4n) is 1.07. The van der Waals surface area contributed by atoms with E-state index in [0.717, 1.165) is 6.07 Å². The van der Waals surface area contributed by atoms with E-state index in [1.807, 2.05) is 0 Å². The number of ether oxygens (including phenoxy) is 1. The van der Waals surface area contributed by atoms with E-state index in [9.17, 15) is 14.9 Å². The highest BCUT2D eigenvalue weighted by Crippen LogP contribution is 2.34. The van der Waals surface area contributed by atoms with Crippen molar-refractivity contribution in [1.29, 1.82) is 0 Å². The summed E-state index contributed by atoms with van der Waals surface area (Å²) in [6.45, 7) is 0. The number of non-ortho nitro benzene ring substituents is 1. The van der Waals surface area contributed by atoms with Crippen LogP contribution in [0.25, 0.3) is 0 Å². The molecule has 1 radical (unpaired) electrons. The van der Waals surface area contributed by atoms with Gasteiger partial charge in [0.05, 0.1) is 11.0 Å². The third-order valence-corrected chi connectivity index (χ3v) is 3.28. The van der Waals surface area contributed by atoms with Gasteiger partial charge in [-0.05, 0) is 6.07 Å². The van der Waals surface area contributed by atoms with Crippen molar-refractivity contribution < 1.29 is 14.5 Å². The number of carbonyl (C=O) groups excluding carboxylic acids is 1. The molecule has 0 spiro atoms. The van der Waals surface area contributed by atoms with Crippen LogP contribution < -0.4 is 4.74 Å². The minimum atomic E-state index is -1.88. The van der Waals surface area contributed by atoms with Gasteiger partial charge in [0.25, 0.3) is 10.2 Å². The highest BCUT2D eigenvalue weighted by Gasteiger charge is 2.36. The lowest BCUT2D eigenvalue weighted by Gasteiger charge is -2.24. The predicted octanol–water partition coefficient (Wildman–Crippen LogP) is 3.21. The first-order valence-corrected chi connectivity index (χ1v) is 5.86. The van der Waals surface area contributed by atoms with Gasteiger partial charge in [-0.1, -0.05) is 29.3 Å². The average molecular weight is 312 g/mol. The molecule has 1 rings (SSSR count).